The Bertz CT molecular complexity index is 303. The molecule has 0 spiro atoms. The van der Waals surface area contributed by atoms with E-state index in [0.717, 1.165) is 5.92 Å². The zero-order valence-electron chi connectivity index (χ0n) is 17.2. The second kappa shape index (κ2) is 11.5. The summed E-state index contributed by atoms with van der Waals surface area (Å²) in [6.07, 6.45) is 17.5. The molecule has 1 unspecified atom stereocenters. The Hall–Kier alpha value is -0.0800. The number of hydrogen-bond acceptors (Lipinski definition) is 2. The SMILES string of the molecule is CC(C)C(N)CCCCCCCCCC(C)(C)C1CCC(N)CC1. The molecule has 0 heterocycles. The van der Waals surface area contributed by atoms with Crippen molar-refractivity contribution in [2.24, 2.45) is 28.7 Å². The molecule has 1 fully saturated rings. The fourth-order valence-corrected chi connectivity index (χ4v) is 4.28. The van der Waals surface area contributed by atoms with Crippen LogP contribution in [0, 0.1) is 17.3 Å². The fraction of sp³-hybridized carbons (Fsp3) is 1.00. The van der Waals surface area contributed by atoms with Gasteiger partial charge < -0.3 is 11.5 Å². The Morgan fingerprint density at radius 1 is 0.833 bits per heavy atom. The smallest absolute Gasteiger partial charge is 0.00618 e. The number of rotatable bonds is 12. The van der Waals surface area contributed by atoms with Crippen LogP contribution in [0.2, 0.25) is 0 Å². The molecule has 4 N–H and O–H groups in total. The number of nitrogens with two attached hydrogens (primary N) is 2. The van der Waals surface area contributed by atoms with E-state index in [1.807, 2.05) is 0 Å². The summed E-state index contributed by atoms with van der Waals surface area (Å²) in [5.41, 5.74) is 12.7. The van der Waals surface area contributed by atoms with E-state index in [1.54, 1.807) is 0 Å². The number of unbranched alkanes of at least 4 members (excludes halogenated alkanes) is 6. The molecular weight excluding hydrogens is 292 g/mol. The van der Waals surface area contributed by atoms with E-state index in [0.29, 0.717) is 23.4 Å². The second-order valence-corrected chi connectivity index (χ2v) is 9.52. The van der Waals surface area contributed by atoms with Crippen LogP contribution in [0.3, 0.4) is 0 Å². The van der Waals surface area contributed by atoms with Gasteiger partial charge >= 0.3 is 0 Å². The monoisotopic (exact) mass is 338 g/mol. The lowest BCUT2D eigenvalue weighted by molar-refractivity contribution is 0.135. The standard InChI is InChI=1S/C22H46N2/c1-18(2)21(24)12-10-8-6-5-7-9-11-17-22(3,4)19-13-15-20(23)16-14-19/h18-21H,5-17,23-24H2,1-4H3. The molecule has 1 aliphatic carbocycles. The van der Waals surface area contributed by atoms with Gasteiger partial charge in [-0.25, -0.2) is 0 Å². The number of hydrogen-bond donors (Lipinski definition) is 2. The van der Waals surface area contributed by atoms with Crippen molar-refractivity contribution in [2.75, 3.05) is 0 Å². The third-order valence-corrected chi connectivity index (χ3v) is 6.59. The molecule has 144 valence electrons. The maximum absolute atomic E-state index is 6.10. The first-order valence-electron chi connectivity index (χ1n) is 10.8. The summed E-state index contributed by atoms with van der Waals surface area (Å²) in [5, 5.41) is 0. The summed E-state index contributed by atoms with van der Waals surface area (Å²) in [5.74, 6) is 1.54. The van der Waals surface area contributed by atoms with Gasteiger partial charge in [-0.2, -0.15) is 0 Å². The average Bonchev–Trinajstić information content (AvgIpc) is 2.53. The lowest BCUT2D eigenvalue weighted by Crippen LogP contribution is -2.33. The molecule has 1 rings (SSSR count). The van der Waals surface area contributed by atoms with E-state index >= 15 is 0 Å². The van der Waals surface area contributed by atoms with E-state index in [9.17, 15) is 0 Å². The highest BCUT2D eigenvalue weighted by atomic mass is 14.6. The summed E-state index contributed by atoms with van der Waals surface area (Å²) < 4.78 is 0. The lowest BCUT2D eigenvalue weighted by atomic mass is 9.68. The first-order valence-corrected chi connectivity index (χ1v) is 10.8. The summed E-state index contributed by atoms with van der Waals surface area (Å²) in [6.45, 7) is 9.45. The van der Waals surface area contributed by atoms with Crippen LogP contribution in [-0.2, 0) is 0 Å². The third-order valence-electron chi connectivity index (χ3n) is 6.59. The minimum Gasteiger partial charge on any atom is -0.328 e. The minimum atomic E-state index is 0.404. The van der Waals surface area contributed by atoms with Crippen LogP contribution in [0.1, 0.15) is 111 Å². The van der Waals surface area contributed by atoms with Crippen LogP contribution >= 0.6 is 0 Å². The van der Waals surface area contributed by atoms with Crippen LogP contribution in [0.15, 0.2) is 0 Å². The molecule has 0 aliphatic heterocycles. The van der Waals surface area contributed by atoms with Crippen LogP contribution < -0.4 is 11.5 Å². The Morgan fingerprint density at radius 3 is 1.88 bits per heavy atom. The third kappa shape index (κ3) is 8.85. The van der Waals surface area contributed by atoms with Crippen LogP contribution in [-0.4, -0.2) is 12.1 Å². The largest absolute Gasteiger partial charge is 0.328 e. The van der Waals surface area contributed by atoms with Crippen LogP contribution in [0.4, 0.5) is 0 Å². The van der Waals surface area contributed by atoms with E-state index < -0.39 is 0 Å². The van der Waals surface area contributed by atoms with Crippen molar-refractivity contribution in [1.82, 2.24) is 0 Å². The quantitative estimate of drug-likeness (QED) is 0.427. The Balaban J connectivity index is 1.97. The Labute approximate surface area is 152 Å². The molecule has 0 radical (unpaired) electrons. The van der Waals surface area contributed by atoms with Crippen molar-refractivity contribution in [3.63, 3.8) is 0 Å². The lowest BCUT2D eigenvalue weighted by Gasteiger charge is -2.39. The maximum Gasteiger partial charge on any atom is 0.00618 e. The molecule has 0 aromatic heterocycles. The highest BCUT2D eigenvalue weighted by Gasteiger charge is 2.31. The molecule has 2 nitrogen and oxygen atoms in total. The summed E-state index contributed by atoms with van der Waals surface area (Å²) in [4.78, 5) is 0. The molecule has 0 amide bonds. The molecule has 0 bridgehead atoms. The van der Waals surface area contributed by atoms with E-state index in [2.05, 4.69) is 27.7 Å². The van der Waals surface area contributed by atoms with Crippen LogP contribution in [0.5, 0.6) is 0 Å². The summed E-state index contributed by atoms with van der Waals surface area (Å²) in [6, 6.07) is 0.883. The minimum absolute atomic E-state index is 0.404. The van der Waals surface area contributed by atoms with E-state index in [-0.39, 0.29) is 0 Å². The molecule has 0 saturated heterocycles. The molecule has 0 aromatic carbocycles. The Kier molecular flexibility index (Phi) is 10.5. The molecular formula is C22H46N2. The summed E-state index contributed by atoms with van der Waals surface area (Å²) in [7, 11) is 0. The van der Waals surface area contributed by atoms with Gasteiger partial charge in [-0.1, -0.05) is 72.6 Å². The van der Waals surface area contributed by atoms with Crippen molar-refractivity contribution in [3.05, 3.63) is 0 Å². The Morgan fingerprint density at radius 2 is 1.33 bits per heavy atom. The average molecular weight is 339 g/mol. The highest BCUT2D eigenvalue weighted by Crippen LogP contribution is 2.41. The van der Waals surface area contributed by atoms with Gasteiger partial charge in [0.05, 0.1) is 0 Å². The van der Waals surface area contributed by atoms with Crippen molar-refractivity contribution in [2.45, 2.75) is 123 Å². The maximum atomic E-state index is 6.10. The highest BCUT2D eigenvalue weighted by molar-refractivity contribution is 4.84. The van der Waals surface area contributed by atoms with Gasteiger partial charge in [0.15, 0.2) is 0 Å². The fourth-order valence-electron chi connectivity index (χ4n) is 4.28. The van der Waals surface area contributed by atoms with Crippen molar-refractivity contribution in [3.8, 4) is 0 Å². The first kappa shape index (κ1) is 22.0. The second-order valence-electron chi connectivity index (χ2n) is 9.52. The molecule has 24 heavy (non-hydrogen) atoms. The zero-order valence-corrected chi connectivity index (χ0v) is 17.2. The van der Waals surface area contributed by atoms with Crippen molar-refractivity contribution >= 4 is 0 Å². The van der Waals surface area contributed by atoms with Gasteiger partial charge in [-0.15, -0.1) is 0 Å². The van der Waals surface area contributed by atoms with Gasteiger partial charge in [0, 0.05) is 12.1 Å². The van der Waals surface area contributed by atoms with Crippen molar-refractivity contribution in [1.29, 1.82) is 0 Å². The summed E-state index contributed by atoms with van der Waals surface area (Å²) >= 11 is 0. The van der Waals surface area contributed by atoms with Gasteiger partial charge in [0.1, 0.15) is 0 Å². The molecule has 1 aliphatic rings. The van der Waals surface area contributed by atoms with Crippen LogP contribution in [0.25, 0.3) is 0 Å². The normalized spacial score (nSPS) is 23.6. The van der Waals surface area contributed by atoms with Gasteiger partial charge in [-0.05, 0) is 55.8 Å². The topological polar surface area (TPSA) is 52.0 Å². The predicted molar refractivity (Wildman–Crippen MR) is 108 cm³/mol. The van der Waals surface area contributed by atoms with Crippen molar-refractivity contribution < 1.29 is 0 Å². The van der Waals surface area contributed by atoms with E-state index in [4.69, 9.17) is 11.5 Å². The zero-order chi connectivity index (χ0) is 18.0. The van der Waals surface area contributed by atoms with Gasteiger partial charge in [0.25, 0.3) is 0 Å². The van der Waals surface area contributed by atoms with E-state index in [1.165, 1.54) is 83.5 Å². The van der Waals surface area contributed by atoms with Gasteiger partial charge in [-0.3, -0.25) is 0 Å². The first-order chi connectivity index (χ1) is 11.3. The molecule has 0 aromatic rings. The predicted octanol–water partition coefficient (Wildman–Crippen LogP) is 6.02. The molecule has 1 saturated carbocycles. The molecule has 1 atom stereocenters. The molecule has 2 heteroatoms. The van der Waals surface area contributed by atoms with Gasteiger partial charge in [0.2, 0.25) is 0 Å².